The number of hydrazone groups is 1. The lowest BCUT2D eigenvalue weighted by molar-refractivity contribution is 0.131. The van der Waals surface area contributed by atoms with Gasteiger partial charge in [0.05, 0.1) is 27.5 Å². The molecule has 2 aromatic rings. The number of nitrogens with zero attached hydrogens (tertiary/aromatic N) is 3. The summed E-state index contributed by atoms with van der Waals surface area (Å²) < 4.78 is 16.1. The van der Waals surface area contributed by atoms with E-state index in [1.807, 2.05) is 30.5 Å². The van der Waals surface area contributed by atoms with Gasteiger partial charge in [0.15, 0.2) is 11.5 Å². The fourth-order valence-electron chi connectivity index (χ4n) is 3.18. The Bertz CT molecular complexity index is 778. The molecule has 0 spiro atoms. The van der Waals surface area contributed by atoms with Crippen molar-refractivity contribution in [3.63, 3.8) is 0 Å². The zero-order chi connectivity index (χ0) is 19.9. The smallest absolute Gasteiger partial charge is 0.203 e. The summed E-state index contributed by atoms with van der Waals surface area (Å²) in [5.74, 6) is 1.82. The Morgan fingerprint density at radius 2 is 1.54 bits per heavy atom. The minimum atomic E-state index is 0.581. The first-order valence-electron chi connectivity index (χ1n) is 9.18. The molecule has 1 aliphatic rings. The van der Waals surface area contributed by atoms with Gasteiger partial charge < -0.3 is 14.2 Å². The number of rotatable bonds is 7. The lowest BCUT2D eigenvalue weighted by Crippen LogP contribution is -2.43. The van der Waals surface area contributed by atoms with Crippen molar-refractivity contribution in [2.24, 2.45) is 5.10 Å². The molecule has 0 N–H and O–H groups in total. The summed E-state index contributed by atoms with van der Waals surface area (Å²) >= 11 is 5.95. The van der Waals surface area contributed by atoms with Crippen LogP contribution in [-0.2, 0) is 6.54 Å². The largest absolute Gasteiger partial charge is 0.493 e. The van der Waals surface area contributed by atoms with Gasteiger partial charge in [-0.1, -0.05) is 23.7 Å². The van der Waals surface area contributed by atoms with E-state index in [9.17, 15) is 0 Å². The molecule has 0 unspecified atom stereocenters. The highest BCUT2D eigenvalue weighted by molar-refractivity contribution is 6.30. The van der Waals surface area contributed by atoms with Crippen molar-refractivity contribution in [1.82, 2.24) is 9.91 Å². The summed E-state index contributed by atoms with van der Waals surface area (Å²) in [5.41, 5.74) is 2.18. The quantitative estimate of drug-likeness (QED) is 0.662. The van der Waals surface area contributed by atoms with Gasteiger partial charge in [0.1, 0.15) is 0 Å². The van der Waals surface area contributed by atoms with E-state index in [2.05, 4.69) is 27.1 Å². The van der Waals surface area contributed by atoms with Crippen LogP contribution in [0.15, 0.2) is 41.5 Å². The summed E-state index contributed by atoms with van der Waals surface area (Å²) in [6, 6.07) is 11.8. The minimum absolute atomic E-state index is 0.581. The number of hydrogen-bond acceptors (Lipinski definition) is 6. The van der Waals surface area contributed by atoms with Gasteiger partial charge in [-0.15, -0.1) is 0 Å². The van der Waals surface area contributed by atoms with E-state index in [1.165, 1.54) is 5.56 Å². The molecule has 7 heteroatoms. The second-order valence-corrected chi connectivity index (χ2v) is 7.00. The predicted molar refractivity (Wildman–Crippen MR) is 112 cm³/mol. The van der Waals surface area contributed by atoms with Crippen molar-refractivity contribution in [1.29, 1.82) is 0 Å². The number of benzene rings is 2. The maximum Gasteiger partial charge on any atom is 0.203 e. The van der Waals surface area contributed by atoms with Crippen molar-refractivity contribution >= 4 is 17.8 Å². The zero-order valence-electron chi connectivity index (χ0n) is 16.5. The van der Waals surface area contributed by atoms with E-state index in [0.717, 1.165) is 43.3 Å². The highest BCUT2D eigenvalue weighted by Crippen LogP contribution is 2.37. The first-order chi connectivity index (χ1) is 13.6. The van der Waals surface area contributed by atoms with Crippen LogP contribution in [0.5, 0.6) is 17.2 Å². The van der Waals surface area contributed by atoms with Crippen LogP contribution < -0.4 is 14.2 Å². The second-order valence-electron chi connectivity index (χ2n) is 6.56. The van der Waals surface area contributed by atoms with Crippen molar-refractivity contribution in [3.8, 4) is 17.2 Å². The van der Waals surface area contributed by atoms with Crippen LogP contribution >= 0.6 is 11.6 Å². The Balaban J connectivity index is 1.58. The van der Waals surface area contributed by atoms with Crippen LogP contribution in [0, 0.1) is 0 Å². The molecule has 150 valence electrons. The third-order valence-electron chi connectivity index (χ3n) is 4.73. The number of piperazine rings is 1. The molecule has 6 nitrogen and oxygen atoms in total. The molecule has 0 bridgehead atoms. The molecular formula is C21H26ClN3O3. The Hall–Kier alpha value is -2.44. The molecule has 0 atom stereocenters. The monoisotopic (exact) mass is 403 g/mol. The molecule has 0 aliphatic carbocycles. The maximum atomic E-state index is 5.95. The van der Waals surface area contributed by atoms with E-state index in [1.54, 1.807) is 21.3 Å². The molecule has 1 heterocycles. The Kier molecular flexibility index (Phi) is 7.01. The number of ether oxygens (including phenoxy) is 3. The van der Waals surface area contributed by atoms with Crippen LogP contribution in [-0.4, -0.2) is 63.6 Å². The Morgan fingerprint density at radius 1 is 0.929 bits per heavy atom. The topological polar surface area (TPSA) is 46.5 Å². The zero-order valence-corrected chi connectivity index (χ0v) is 17.3. The molecular weight excluding hydrogens is 378 g/mol. The minimum Gasteiger partial charge on any atom is -0.493 e. The lowest BCUT2D eigenvalue weighted by atomic mass is 10.2. The molecule has 0 amide bonds. The highest BCUT2D eigenvalue weighted by Gasteiger charge is 2.16. The van der Waals surface area contributed by atoms with Crippen LogP contribution in [0.2, 0.25) is 5.02 Å². The van der Waals surface area contributed by atoms with E-state index < -0.39 is 0 Å². The fourth-order valence-corrected chi connectivity index (χ4v) is 3.31. The van der Waals surface area contributed by atoms with Gasteiger partial charge in [-0.3, -0.25) is 9.91 Å². The SMILES string of the molecule is COc1cc(/C=N\N2CCN(Cc3ccc(Cl)cc3)CC2)cc(OC)c1OC. The average molecular weight is 404 g/mol. The normalized spacial score (nSPS) is 15.1. The number of hydrogen-bond donors (Lipinski definition) is 0. The van der Waals surface area contributed by atoms with E-state index in [4.69, 9.17) is 25.8 Å². The van der Waals surface area contributed by atoms with E-state index >= 15 is 0 Å². The average Bonchev–Trinajstić information content (AvgIpc) is 2.74. The van der Waals surface area contributed by atoms with Gasteiger partial charge in [0, 0.05) is 43.3 Å². The molecule has 0 aromatic heterocycles. The molecule has 1 fully saturated rings. The number of methoxy groups -OCH3 is 3. The first-order valence-corrected chi connectivity index (χ1v) is 9.56. The van der Waals surface area contributed by atoms with Gasteiger partial charge in [0.25, 0.3) is 0 Å². The van der Waals surface area contributed by atoms with Gasteiger partial charge in [-0.05, 0) is 29.8 Å². The molecule has 1 saturated heterocycles. The highest BCUT2D eigenvalue weighted by atomic mass is 35.5. The third-order valence-corrected chi connectivity index (χ3v) is 4.98. The molecule has 2 aromatic carbocycles. The summed E-state index contributed by atoms with van der Waals surface area (Å²) in [6.07, 6.45) is 1.83. The Labute approximate surface area is 171 Å². The van der Waals surface area contributed by atoms with Crippen molar-refractivity contribution in [2.75, 3.05) is 47.5 Å². The molecule has 0 radical (unpaired) electrons. The fraction of sp³-hybridized carbons (Fsp3) is 0.381. The van der Waals surface area contributed by atoms with Gasteiger partial charge in [-0.2, -0.15) is 5.10 Å². The van der Waals surface area contributed by atoms with Crippen molar-refractivity contribution < 1.29 is 14.2 Å². The van der Waals surface area contributed by atoms with Gasteiger partial charge in [0.2, 0.25) is 5.75 Å². The number of halogens is 1. The van der Waals surface area contributed by atoms with Gasteiger partial charge in [-0.25, -0.2) is 0 Å². The Morgan fingerprint density at radius 3 is 2.07 bits per heavy atom. The summed E-state index contributed by atoms with van der Waals surface area (Å²) in [6.45, 7) is 4.63. The predicted octanol–water partition coefficient (Wildman–Crippen LogP) is 3.52. The first kappa shape index (κ1) is 20.3. The third kappa shape index (κ3) is 5.09. The maximum absolute atomic E-state index is 5.95. The van der Waals surface area contributed by atoms with Gasteiger partial charge >= 0.3 is 0 Å². The summed E-state index contributed by atoms with van der Waals surface area (Å²) in [4.78, 5) is 2.43. The molecule has 3 rings (SSSR count). The standard InChI is InChI=1S/C21H26ClN3O3/c1-26-19-12-17(13-20(27-2)21(19)28-3)14-23-25-10-8-24(9-11-25)15-16-4-6-18(22)7-5-16/h4-7,12-14H,8-11,15H2,1-3H3/b23-14-. The van der Waals surface area contributed by atoms with E-state index in [0.29, 0.717) is 17.2 Å². The van der Waals surface area contributed by atoms with Crippen LogP contribution in [0.1, 0.15) is 11.1 Å². The van der Waals surface area contributed by atoms with Crippen molar-refractivity contribution in [2.45, 2.75) is 6.54 Å². The van der Waals surface area contributed by atoms with E-state index in [-0.39, 0.29) is 0 Å². The summed E-state index contributed by atoms with van der Waals surface area (Å²) in [5, 5.41) is 7.48. The second kappa shape index (κ2) is 9.66. The molecule has 28 heavy (non-hydrogen) atoms. The molecule has 0 saturated carbocycles. The summed E-state index contributed by atoms with van der Waals surface area (Å²) in [7, 11) is 4.81. The van der Waals surface area contributed by atoms with Crippen LogP contribution in [0.4, 0.5) is 0 Å². The van der Waals surface area contributed by atoms with Crippen molar-refractivity contribution in [3.05, 3.63) is 52.5 Å². The van der Waals surface area contributed by atoms with Crippen LogP contribution in [0.25, 0.3) is 0 Å². The van der Waals surface area contributed by atoms with Crippen LogP contribution in [0.3, 0.4) is 0 Å². The lowest BCUT2D eigenvalue weighted by Gasteiger charge is -2.33. The molecule has 1 aliphatic heterocycles.